The summed E-state index contributed by atoms with van der Waals surface area (Å²) in [5, 5.41) is 0. The maximum Gasteiger partial charge on any atom is 0.228 e. The minimum absolute atomic E-state index is 0.0465. The molecule has 0 radical (unpaired) electrons. The van der Waals surface area contributed by atoms with Crippen LogP contribution in [0.3, 0.4) is 0 Å². The largest absolute Gasteiger partial charge is 0.342 e. The fourth-order valence-corrected chi connectivity index (χ4v) is 5.74. The zero-order valence-electron chi connectivity index (χ0n) is 19.4. The molecule has 2 saturated heterocycles. The first-order chi connectivity index (χ1) is 16.1. The van der Waals surface area contributed by atoms with Crippen molar-refractivity contribution in [3.63, 3.8) is 0 Å². The van der Waals surface area contributed by atoms with E-state index < -0.39 is 0 Å². The van der Waals surface area contributed by atoms with Crippen LogP contribution in [0.4, 0.5) is 0 Å². The van der Waals surface area contributed by atoms with Gasteiger partial charge in [-0.15, -0.1) is 0 Å². The molecular formula is C27H34N4O2. The van der Waals surface area contributed by atoms with E-state index >= 15 is 0 Å². The van der Waals surface area contributed by atoms with Crippen LogP contribution in [0.15, 0.2) is 48.5 Å². The average molecular weight is 447 g/mol. The molecule has 33 heavy (non-hydrogen) atoms. The summed E-state index contributed by atoms with van der Waals surface area (Å²) in [7, 11) is 0. The highest BCUT2D eigenvalue weighted by Crippen LogP contribution is 2.29. The second-order valence-corrected chi connectivity index (χ2v) is 9.82. The molecule has 2 atom stereocenters. The number of hydrogen-bond donors (Lipinski definition) is 2. The van der Waals surface area contributed by atoms with E-state index in [0.717, 1.165) is 44.5 Å². The molecule has 0 saturated carbocycles. The van der Waals surface area contributed by atoms with Crippen LogP contribution in [0.1, 0.15) is 35.1 Å². The molecule has 2 N–H and O–H groups in total. The monoisotopic (exact) mass is 446 g/mol. The van der Waals surface area contributed by atoms with Crippen LogP contribution in [-0.4, -0.2) is 53.8 Å². The maximum atomic E-state index is 13.4. The minimum Gasteiger partial charge on any atom is -0.342 e. The molecule has 0 spiro atoms. The Labute approximate surface area is 196 Å². The molecule has 2 aromatic carbocycles. The predicted molar refractivity (Wildman–Crippen MR) is 128 cm³/mol. The van der Waals surface area contributed by atoms with Crippen LogP contribution in [0.25, 0.3) is 0 Å². The van der Waals surface area contributed by atoms with Crippen molar-refractivity contribution in [3.8, 4) is 0 Å². The lowest BCUT2D eigenvalue weighted by molar-refractivity contribution is -0.137. The van der Waals surface area contributed by atoms with E-state index in [-0.39, 0.29) is 23.8 Å². The summed E-state index contributed by atoms with van der Waals surface area (Å²) in [4.78, 5) is 30.3. The summed E-state index contributed by atoms with van der Waals surface area (Å²) in [6, 6.07) is 16.8. The van der Waals surface area contributed by atoms with E-state index in [9.17, 15) is 9.59 Å². The van der Waals surface area contributed by atoms with E-state index in [1.165, 1.54) is 16.7 Å². The topological polar surface area (TPSA) is 64.7 Å². The van der Waals surface area contributed by atoms with Gasteiger partial charge in [-0.1, -0.05) is 54.1 Å². The lowest BCUT2D eigenvalue weighted by Crippen LogP contribution is -2.50. The number of carbonyl (C=O) groups excluding carboxylic acids is 2. The van der Waals surface area contributed by atoms with Gasteiger partial charge in [0, 0.05) is 38.8 Å². The second kappa shape index (κ2) is 9.65. The molecule has 6 nitrogen and oxygen atoms in total. The number of benzene rings is 2. The van der Waals surface area contributed by atoms with Crippen LogP contribution in [0.5, 0.6) is 0 Å². The Kier molecular flexibility index (Phi) is 6.47. The molecule has 2 unspecified atom stereocenters. The predicted octanol–water partition coefficient (Wildman–Crippen LogP) is 2.45. The highest BCUT2D eigenvalue weighted by atomic mass is 16.2. The number of nitrogens with one attached hydrogen (secondary N) is 2. The lowest BCUT2D eigenvalue weighted by Gasteiger charge is -2.38. The molecule has 3 aliphatic rings. The van der Waals surface area contributed by atoms with E-state index in [1.54, 1.807) is 0 Å². The number of fused-ring (bicyclic) bond motifs is 1. The number of hydrazine groups is 1. The zero-order valence-corrected chi connectivity index (χ0v) is 19.4. The molecule has 6 heteroatoms. The summed E-state index contributed by atoms with van der Waals surface area (Å²) in [5.41, 5.74) is 11.6. The van der Waals surface area contributed by atoms with Crippen LogP contribution in [-0.2, 0) is 29.0 Å². The van der Waals surface area contributed by atoms with E-state index in [1.807, 2.05) is 21.9 Å². The van der Waals surface area contributed by atoms with Crippen molar-refractivity contribution in [1.29, 1.82) is 0 Å². The molecule has 0 bridgehead atoms. The van der Waals surface area contributed by atoms with Gasteiger partial charge < -0.3 is 9.80 Å². The summed E-state index contributed by atoms with van der Waals surface area (Å²) in [6.45, 7) is 5.78. The van der Waals surface area contributed by atoms with Crippen molar-refractivity contribution in [2.45, 2.75) is 45.2 Å². The normalized spacial score (nSPS) is 23.4. The third-order valence-corrected chi connectivity index (χ3v) is 7.62. The smallest absolute Gasteiger partial charge is 0.228 e. The number of piperidine rings is 1. The van der Waals surface area contributed by atoms with Gasteiger partial charge in [0.25, 0.3) is 0 Å². The Morgan fingerprint density at radius 2 is 1.76 bits per heavy atom. The summed E-state index contributed by atoms with van der Waals surface area (Å²) < 4.78 is 0. The Morgan fingerprint density at radius 3 is 2.55 bits per heavy atom. The van der Waals surface area contributed by atoms with Gasteiger partial charge in [0.2, 0.25) is 11.8 Å². The molecule has 2 amide bonds. The average Bonchev–Trinajstić information content (AvgIpc) is 3.33. The molecule has 3 aliphatic heterocycles. The third kappa shape index (κ3) is 4.82. The fourth-order valence-electron chi connectivity index (χ4n) is 5.74. The zero-order chi connectivity index (χ0) is 22.8. The molecule has 3 heterocycles. The maximum absolute atomic E-state index is 13.4. The Hall–Kier alpha value is -2.70. The van der Waals surface area contributed by atoms with E-state index in [0.29, 0.717) is 25.4 Å². The summed E-state index contributed by atoms with van der Waals surface area (Å²) in [5.74, 6) is 0.810. The first-order valence-corrected chi connectivity index (χ1v) is 12.3. The Bertz CT molecular complexity index is 1010. The number of rotatable bonds is 4. The highest BCUT2D eigenvalue weighted by Gasteiger charge is 2.41. The first-order valence-electron chi connectivity index (χ1n) is 12.3. The van der Waals surface area contributed by atoms with Gasteiger partial charge in [0.15, 0.2) is 0 Å². The first kappa shape index (κ1) is 22.1. The van der Waals surface area contributed by atoms with Gasteiger partial charge >= 0.3 is 0 Å². The van der Waals surface area contributed by atoms with Crippen LogP contribution >= 0.6 is 0 Å². The van der Waals surface area contributed by atoms with Crippen molar-refractivity contribution in [3.05, 3.63) is 70.8 Å². The molecule has 2 aromatic rings. The number of amides is 2. The number of aryl methyl sites for hydroxylation is 1. The van der Waals surface area contributed by atoms with Gasteiger partial charge in [0.1, 0.15) is 0 Å². The van der Waals surface area contributed by atoms with Crippen molar-refractivity contribution in [2.75, 3.05) is 26.2 Å². The van der Waals surface area contributed by atoms with Crippen molar-refractivity contribution < 1.29 is 9.59 Å². The molecule has 0 aromatic heterocycles. The second-order valence-electron chi connectivity index (χ2n) is 9.82. The molecule has 0 aliphatic carbocycles. The molecule has 174 valence electrons. The number of hydrogen-bond acceptors (Lipinski definition) is 4. The van der Waals surface area contributed by atoms with Gasteiger partial charge in [-0.05, 0) is 48.8 Å². The fraction of sp³-hybridized carbons (Fsp3) is 0.481. The SMILES string of the molecule is Cc1cccc(CC(=O)N2CCC(C3NNCC3C(=O)N3CCc4ccccc4C3)CC2)c1. The van der Waals surface area contributed by atoms with Gasteiger partial charge in [-0.3, -0.25) is 20.4 Å². The van der Waals surface area contributed by atoms with Crippen LogP contribution in [0, 0.1) is 18.8 Å². The third-order valence-electron chi connectivity index (χ3n) is 7.62. The number of nitrogens with zero attached hydrogens (tertiary/aromatic N) is 2. The van der Waals surface area contributed by atoms with Crippen molar-refractivity contribution in [1.82, 2.24) is 20.7 Å². The van der Waals surface area contributed by atoms with Crippen LogP contribution in [0.2, 0.25) is 0 Å². The Balaban J connectivity index is 1.17. The molecule has 2 fully saturated rings. The van der Waals surface area contributed by atoms with Gasteiger partial charge in [-0.2, -0.15) is 0 Å². The number of likely N-dealkylation sites (tertiary alicyclic amines) is 1. The van der Waals surface area contributed by atoms with E-state index in [4.69, 9.17) is 0 Å². The standard InChI is InChI=1S/C27H34N4O2/c1-19-5-4-6-20(15-19)16-25(32)30-12-10-22(11-13-30)26-24(17-28-29-26)27(33)31-14-9-21-7-2-3-8-23(21)18-31/h2-8,15,22,24,26,28-29H,9-14,16-18H2,1H3. The molecule has 5 rings (SSSR count). The quantitative estimate of drug-likeness (QED) is 0.757. The van der Waals surface area contributed by atoms with Gasteiger partial charge in [-0.25, -0.2) is 0 Å². The van der Waals surface area contributed by atoms with E-state index in [2.05, 4.69) is 54.2 Å². The summed E-state index contributed by atoms with van der Waals surface area (Å²) >= 11 is 0. The Morgan fingerprint density at radius 1 is 0.970 bits per heavy atom. The lowest BCUT2D eigenvalue weighted by atomic mass is 9.82. The number of carbonyl (C=O) groups is 2. The van der Waals surface area contributed by atoms with Crippen LogP contribution < -0.4 is 10.9 Å². The minimum atomic E-state index is -0.0465. The molecular weight excluding hydrogens is 412 g/mol. The van der Waals surface area contributed by atoms with Gasteiger partial charge in [0.05, 0.1) is 12.3 Å². The summed E-state index contributed by atoms with van der Waals surface area (Å²) in [6.07, 6.45) is 3.27. The highest BCUT2D eigenvalue weighted by molar-refractivity contribution is 5.81. The van der Waals surface area contributed by atoms with Crippen molar-refractivity contribution >= 4 is 11.8 Å². The van der Waals surface area contributed by atoms with Crippen molar-refractivity contribution in [2.24, 2.45) is 11.8 Å².